The predicted molar refractivity (Wildman–Crippen MR) is 126 cm³/mol. The molecule has 11 heteroatoms. The van der Waals surface area contributed by atoms with E-state index in [1.807, 2.05) is 0 Å². The van der Waals surface area contributed by atoms with Gasteiger partial charge >= 0.3 is 23.9 Å². The zero-order valence-corrected chi connectivity index (χ0v) is 20.5. The lowest BCUT2D eigenvalue weighted by Crippen LogP contribution is -2.14. The maximum atomic E-state index is 10.8. The Labute approximate surface area is 206 Å². The molecule has 0 radical (unpaired) electrons. The zero-order valence-electron chi connectivity index (χ0n) is 20.5. The van der Waals surface area contributed by atoms with Crippen molar-refractivity contribution in [3.8, 4) is 0 Å². The van der Waals surface area contributed by atoms with Gasteiger partial charge in [0.1, 0.15) is 26.4 Å². The summed E-state index contributed by atoms with van der Waals surface area (Å²) in [5, 5.41) is 0. The van der Waals surface area contributed by atoms with Crippen LogP contribution in [0.4, 0.5) is 0 Å². The molecule has 11 nitrogen and oxygen atoms in total. The molecule has 35 heavy (non-hydrogen) atoms. The quantitative estimate of drug-likeness (QED) is 0.111. The Kier molecular flexibility index (Phi) is 23.1. The van der Waals surface area contributed by atoms with Crippen LogP contribution in [0.2, 0.25) is 0 Å². The van der Waals surface area contributed by atoms with Crippen LogP contribution in [0, 0.1) is 0 Å². The van der Waals surface area contributed by atoms with Crippen LogP contribution in [-0.2, 0) is 52.3 Å². The van der Waals surface area contributed by atoms with Crippen LogP contribution in [0.3, 0.4) is 0 Å². The fourth-order valence-electron chi connectivity index (χ4n) is 1.58. The molecular weight excluding hydrogens is 464 g/mol. The van der Waals surface area contributed by atoms with E-state index in [1.165, 1.54) is 0 Å². The first-order chi connectivity index (χ1) is 16.6. The third-order valence-corrected chi connectivity index (χ3v) is 3.27. The van der Waals surface area contributed by atoms with E-state index >= 15 is 0 Å². The minimum Gasteiger partial charge on any atom is -0.460 e. The highest BCUT2D eigenvalue weighted by molar-refractivity contribution is 5.87. The Balaban J connectivity index is 0. The van der Waals surface area contributed by atoms with E-state index in [9.17, 15) is 19.2 Å². The summed E-state index contributed by atoms with van der Waals surface area (Å²) in [5.41, 5.74) is 0.632. The first kappa shape index (κ1) is 33.9. The molecule has 0 spiro atoms. The van der Waals surface area contributed by atoms with E-state index < -0.39 is 23.9 Å². The first-order valence-corrected chi connectivity index (χ1v) is 10.6. The third kappa shape index (κ3) is 25.2. The van der Waals surface area contributed by atoms with Crippen molar-refractivity contribution >= 4 is 23.9 Å². The van der Waals surface area contributed by atoms with Crippen molar-refractivity contribution in [2.45, 2.75) is 13.8 Å². The molecule has 0 bridgehead atoms. The summed E-state index contributed by atoms with van der Waals surface area (Å²) in [6, 6.07) is 0. The van der Waals surface area contributed by atoms with Gasteiger partial charge in [-0.15, -0.1) is 0 Å². The molecule has 0 aromatic rings. The molecule has 0 rings (SSSR count). The molecule has 0 saturated carbocycles. The highest BCUT2D eigenvalue weighted by atomic mass is 16.6. The van der Waals surface area contributed by atoms with Gasteiger partial charge in [-0.25, -0.2) is 19.2 Å². The summed E-state index contributed by atoms with van der Waals surface area (Å²) >= 11 is 0. The molecule has 0 aliphatic rings. The number of ether oxygens (including phenoxy) is 7. The van der Waals surface area contributed by atoms with Crippen LogP contribution in [-0.4, -0.2) is 89.9 Å². The second kappa shape index (κ2) is 23.9. The summed E-state index contributed by atoms with van der Waals surface area (Å²) in [6.07, 6.45) is 2.20. The number of hydrogen-bond donors (Lipinski definition) is 0. The van der Waals surface area contributed by atoms with Crippen molar-refractivity contribution in [2.75, 3.05) is 66.1 Å². The van der Waals surface area contributed by atoms with Gasteiger partial charge < -0.3 is 33.2 Å². The standard InChI is InChI=1S/C14H22O7.C10H14O4/c1-3-13(15)20-11-9-18-7-5-17-6-8-19-10-12-21-14(16)4-2;1-7(2)9(11)13-5-6-14-10(12)8(3)4/h3-4H,1-2,5-12H2;1,3,5-6H2,2,4H3. The second-order valence-corrected chi connectivity index (χ2v) is 6.41. The van der Waals surface area contributed by atoms with Gasteiger partial charge in [-0.3, -0.25) is 0 Å². The van der Waals surface area contributed by atoms with Gasteiger partial charge in [0.15, 0.2) is 0 Å². The molecule has 0 amide bonds. The van der Waals surface area contributed by atoms with E-state index in [2.05, 4.69) is 35.8 Å². The first-order valence-electron chi connectivity index (χ1n) is 10.6. The largest absolute Gasteiger partial charge is 0.460 e. The van der Waals surface area contributed by atoms with Crippen LogP contribution in [0.1, 0.15) is 13.8 Å². The van der Waals surface area contributed by atoms with Gasteiger partial charge in [-0.05, 0) is 13.8 Å². The highest BCUT2D eigenvalue weighted by Crippen LogP contribution is 1.94. The van der Waals surface area contributed by atoms with Crippen molar-refractivity contribution in [3.05, 3.63) is 49.6 Å². The Hall–Kier alpha value is -3.28. The van der Waals surface area contributed by atoms with Crippen LogP contribution < -0.4 is 0 Å². The minimum atomic E-state index is -0.489. The lowest BCUT2D eigenvalue weighted by atomic mass is 10.4. The zero-order chi connectivity index (χ0) is 26.9. The van der Waals surface area contributed by atoms with Gasteiger partial charge in [-0.2, -0.15) is 0 Å². The summed E-state index contributed by atoms with van der Waals surface area (Å²) < 4.78 is 34.4. The average molecular weight is 501 g/mol. The highest BCUT2D eigenvalue weighted by Gasteiger charge is 2.05. The molecule has 0 fully saturated rings. The van der Waals surface area contributed by atoms with Gasteiger partial charge in [0.25, 0.3) is 0 Å². The molecule has 0 aliphatic heterocycles. The Bertz CT molecular complexity index is 640. The van der Waals surface area contributed by atoms with Gasteiger partial charge in [0, 0.05) is 23.3 Å². The summed E-state index contributed by atoms with van der Waals surface area (Å²) in [7, 11) is 0. The molecule has 0 atom stereocenters. The fourth-order valence-corrected chi connectivity index (χ4v) is 1.58. The molecule has 0 unspecified atom stereocenters. The number of hydrogen-bond acceptors (Lipinski definition) is 11. The van der Waals surface area contributed by atoms with E-state index in [4.69, 9.17) is 23.7 Å². The van der Waals surface area contributed by atoms with Crippen LogP contribution in [0.15, 0.2) is 49.6 Å². The summed E-state index contributed by atoms with van der Waals surface area (Å²) in [4.78, 5) is 43.0. The maximum Gasteiger partial charge on any atom is 0.333 e. The number of carbonyl (C=O) groups excluding carboxylic acids is 4. The Morgan fingerprint density at radius 2 is 0.771 bits per heavy atom. The van der Waals surface area contributed by atoms with E-state index in [0.717, 1.165) is 12.2 Å². The van der Waals surface area contributed by atoms with E-state index in [0.29, 0.717) is 50.8 Å². The number of carbonyl (C=O) groups is 4. The summed E-state index contributed by atoms with van der Waals surface area (Å²) in [5.74, 6) is -1.91. The molecule has 0 saturated heterocycles. The molecule has 0 aromatic heterocycles. The topological polar surface area (TPSA) is 133 Å². The van der Waals surface area contributed by atoms with Crippen molar-refractivity contribution in [3.63, 3.8) is 0 Å². The average Bonchev–Trinajstić information content (AvgIpc) is 2.84. The third-order valence-electron chi connectivity index (χ3n) is 3.27. The minimum absolute atomic E-state index is 0.0325. The molecule has 0 N–H and O–H groups in total. The van der Waals surface area contributed by atoms with Crippen molar-refractivity contribution in [1.82, 2.24) is 0 Å². The predicted octanol–water partition coefficient (Wildman–Crippen LogP) is 1.72. The van der Waals surface area contributed by atoms with Gasteiger partial charge in [0.05, 0.1) is 39.6 Å². The monoisotopic (exact) mass is 500 g/mol. The van der Waals surface area contributed by atoms with Gasteiger partial charge in [0.2, 0.25) is 0 Å². The number of esters is 4. The van der Waals surface area contributed by atoms with Crippen molar-refractivity contribution in [2.24, 2.45) is 0 Å². The van der Waals surface area contributed by atoms with Crippen molar-refractivity contribution < 1.29 is 52.3 Å². The Morgan fingerprint density at radius 1 is 0.514 bits per heavy atom. The molecule has 0 heterocycles. The van der Waals surface area contributed by atoms with Crippen LogP contribution in [0.25, 0.3) is 0 Å². The smallest absolute Gasteiger partial charge is 0.333 e. The normalized spacial score (nSPS) is 9.54. The van der Waals surface area contributed by atoms with Crippen LogP contribution in [0.5, 0.6) is 0 Å². The van der Waals surface area contributed by atoms with Crippen molar-refractivity contribution in [1.29, 1.82) is 0 Å². The second-order valence-electron chi connectivity index (χ2n) is 6.41. The number of rotatable bonds is 19. The fraction of sp³-hybridized carbons (Fsp3) is 0.500. The van der Waals surface area contributed by atoms with E-state index in [1.54, 1.807) is 13.8 Å². The van der Waals surface area contributed by atoms with E-state index in [-0.39, 0.29) is 26.4 Å². The molecule has 0 aromatic carbocycles. The molecular formula is C24H36O11. The summed E-state index contributed by atoms with van der Waals surface area (Å²) in [6.45, 7) is 19.2. The molecule has 198 valence electrons. The van der Waals surface area contributed by atoms with Gasteiger partial charge in [-0.1, -0.05) is 26.3 Å². The lowest BCUT2D eigenvalue weighted by molar-refractivity contribution is -0.147. The SMILES string of the molecule is C=C(C)C(=O)OCCOC(=O)C(=C)C.C=CC(=O)OCCOCCOCCOCCOC(=O)C=C. The van der Waals surface area contributed by atoms with Crippen LogP contribution >= 0.6 is 0 Å². The lowest BCUT2D eigenvalue weighted by Gasteiger charge is -2.07. The maximum absolute atomic E-state index is 10.8. The molecule has 0 aliphatic carbocycles. The Morgan fingerprint density at radius 3 is 1.03 bits per heavy atom.